The largest absolute Gasteiger partial charge is 0.392 e. The van der Waals surface area contributed by atoms with Gasteiger partial charge in [-0.3, -0.25) is 9.59 Å². The van der Waals surface area contributed by atoms with Crippen molar-refractivity contribution in [2.24, 2.45) is 0 Å². The Morgan fingerprint density at radius 1 is 0.568 bits per heavy atom. The molecule has 0 atom stereocenters. The molecule has 5 nitrogen and oxygen atoms in total. The van der Waals surface area contributed by atoms with E-state index in [1.165, 1.54) is 32.9 Å². The summed E-state index contributed by atoms with van der Waals surface area (Å²) in [7, 11) is 0. The maximum atomic E-state index is 11.7. The van der Waals surface area contributed by atoms with Crippen LogP contribution in [0.3, 0.4) is 0 Å². The second-order valence-corrected chi connectivity index (χ2v) is 8.13. The summed E-state index contributed by atoms with van der Waals surface area (Å²) in [6, 6.07) is 24.5. The van der Waals surface area contributed by atoms with Crippen LogP contribution in [0.4, 0.5) is 0 Å². The number of rotatable bonds is 8. The highest BCUT2D eigenvalue weighted by atomic mass is 16.3. The predicted molar refractivity (Wildman–Crippen MR) is 150 cm³/mol. The Morgan fingerprint density at radius 3 is 1.27 bits per heavy atom. The van der Waals surface area contributed by atoms with Crippen LogP contribution in [0, 0.1) is 0 Å². The lowest BCUT2D eigenvalue weighted by molar-refractivity contribution is -0.115. The maximum Gasteiger partial charge on any atom is 0.178 e. The quantitative estimate of drug-likeness (QED) is 0.380. The third kappa shape index (κ3) is 15.4. The van der Waals surface area contributed by atoms with Gasteiger partial charge in [-0.05, 0) is 66.8 Å². The maximum absolute atomic E-state index is 11.7. The van der Waals surface area contributed by atoms with Crippen LogP contribution in [0.2, 0.25) is 0 Å². The van der Waals surface area contributed by atoms with Crippen LogP contribution in [0.5, 0.6) is 0 Å². The van der Waals surface area contributed by atoms with Gasteiger partial charge in [0.25, 0.3) is 0 Å². The second kappa shape index (κ2) is 18.1. The predicted octanol–water partition coefficient (Wildman–Crippen LogP) is 5.85. The monoisotopic (exact) mass is 498 g/mol. The molecule has 0 saturated heterocycles. The minimum absolute atomic E-state index is 0.0305. The first kappa shape index (κ1) is 30.8. The molecule has 3 aromatic carbocycles. The van der Waals surface area contributed by atoms with Crippen LogP contribution in [0.1, 0.15) is 48.6 Å². The van der Waals surface area contributed by atoms with Gasteiger partial charge in [-0.1, -0.05) is 97.1 Å². The van der Waals surface area contributed by atoms with Crippen LogP contribution < -0.4 is 0 Å². The number of hydrogen-bond donors (Lipinski definition) is 2. The molecule has 0 aliphatic heterocycles. The first-order chi connectivity index (χ1) is 17.7. The van der Waals surface area contributed by atoms with Crippen molar-refractivity contribution in [3.8, 4) is 0 Å². The van der Waals surface area contributed by atoms with Crippen molar-refractivity contribution in [2.45, 2.75) is 34.0 Å². The molecule has 0 spiro atoms. The van der Waals surface area contributed by atoms with Crippen molar-refractivity contribution >= 4 is 35.6 Å². The molecule has 192 valence electrons. The highest BCUT2D eigenvalue weighted by Gasteiger charge is 1.93. The SMILES string of the molecule is CC(=O)/C=C/c1ccc(CO)cc1.CC(C)=O.O=C(/C=C/c1ccccc1)/C=C/c1ccc(CO)cc1. The van der Waals surface area contributed by atoms with E-state index in [-0.39, 0.29) is 30.6 Å². The summed E-state index contributed by atoms with van der Waals surface area (Å²) in [6.07, 6.45) is 9.92. The Hall–Kier alpha value is -4.19. The van der Waals surface area contributed by atoms with Gasteiger partial charge in [-0.2, -0.15) is 0 Å². The average Bonchev–Trinajstić information content (AvgIpc) is 2.90. The number of ketones is 3. The summed E-state index contributed by atoms with van der Waals surface area (Å²) in [5.41, 5.74) is 4.63. The highest BCUT2D eigenvalue weighted by molar-refractivity contribution is 6.04. The van der Waals surface area contributed by atoms with Crippen LogP contribution in [0.25, 0.3) is 18.2 Å². The molecule has 0 aliphatic rings. The molecule has 0 radical (unpaired) electrons. The molecule has 2 N–H and O–H groups in total. The van der Waals surface area contributed by atoms with Crippen molar-refractivity contribution in [1.29, 1.82) is 0 Å². The number of benzene rings is 3. The number of aliphatic hydroxyl groups excluding tert-OH is 2. The molecule has 0 aliphatic carbocycles. The van der Waals surface area contributed by atoms with Gasteiger partial charge in [0.15, 0.2) is 11.6 Å². The van der Waals surface area contributed by atoms with Crippen molar-refractivity contribution in [3.05, 3.63) is 125 Å². The summed E-state index contributed by atoms with van der Waals surface area (Å²) in [5, 5.41) is 17.7. The third-order valence-corrected chi connectivity index (χ3v) is 4.51. The fraction of sp³-hybridized carbons (Fsp3) is 0.156. The average molecular weight is 499 g/mol. The lowest BCUT2D eigenvalue weighted by Crippen LogP contribution is -1.85. The van der Waals surface area contributed by atoms with Gasteiger partial charge < -0.3 is 15.0 Å². The van der Waals surface area contributed by atoms with E-state index < -0.39 is 0 Å². The molecular formula is C32H34O5. The zero-order valence-corrected chi connectivity index (χ0v) is 21.5. The lowest BCUT2D eigenvalue weighted by Gasteiger charge is -1.96. The van der Waals surface area contributed by atoms with Crippen molar-refractivity contribution < 1.29 is 24.6 Å². The summed E-state index contributed by atoms with van der Waals surface area (Å²) < 4.78 is 0. The molecular weight excluding hydrogens is 464 g/mol. The number of Topliss-reactive ketones (excluding diaryl/α,β-unsaturated/α-hetero) is 1. The van der Waals surface area contributed by atoms with Gasteiger partial charge >= 0.3 is 0 Å². The van der Waals surface area contributed by atoms with Crippen LogP contribution >= 0.6 is 0 Å². The summed E-state index contributed by atoms with van der Waals surface area (Å²) in [5.74, 6) is 0.145. The number of carbonyl (C=O) groups is 3. The Balaban J connectivity index is 0.000000346. The number of allylic oxidation sites excluding steroid dienone is 3. The molecule has 3 aromatic rings. The van der Waals surface area contributed by atoms with E-state index in [1.54, 1.807) is 24.3 Å². The van der Waals surface area contributed by atoms with Crippen molar-refractivity contribution in [1.82, 2.24) is 0 Å². The molecule has 0 amide bonds. The second-order valence-electron chi connectivity index (χ2n) is 8.13. The molecule has 3 rings (SSSR count). The van der Waals surface area contributed by atoms with E-state index in [0.29, 0.717) is 0 Å². The van der Waals surface area contributed by atoms with Crippen LogP contribution in [0.15, 0.2) is 97.1 Å². The summed E-state index contributed by atoms with van der Waals surface area (Å²) in [4.78, 5) is 31.8. The Kier molecular flexibility index (Phi) is 15.1. The van der Waals surface area contributed by atoms with E-state index >= 15 is 0 Å². The van der Waals surface area contributed by atoms with E-state index in [9.17, 15) is 14.4 Å². The minimum atomic E-state index is -0.0555. The Morgan fingerprint density at radius 2 is 0.919 bits per heavy atom. The molecule has 5 heteroatoms. The number of carbonyl (C=O) groups excluding carboxylic acids is 3. The minimum Gasteiger partial charge on any atom is -0.392 e. The topological polar surface area (TPSA) is 91.7 Å². The van der Waals surface area contributed by atoms with E-state index in [1.807, 2.05) is 78.9 Å². The smallest absolute Gasteiger partial charge is 0.178 e. The molecule has 0 heterocycles. The third-order valence-electron chi connectivity index (χ3n) is 4.51. The van der Waals surface area contributed by atoms with Gasteiger partial charge in [0.05, 0.1) is 13.2 Å². The van der Waals surface area contributed by atoms with Crippen molar-refractivity contribution in [2.75, 3.05) is 0 Å². The lowest BCUT2D eigenvalue weighted by atomic mass is 10.1. The summed E-state index contributed by atoms with van der Waals surface area (Å²) in [6.45, 7) is 4.65. The fourth-order valence-electron chi connectivity index (χ4n) is 2.66. The van der Waals surface area contributed by atoms with Crippen molar-refractivity contribution in [3.63, 3.8) is 0 Å². The van der Waals surface area contributed by atoms with Gasteiger partial charge in [-0.25, -0.2) is 0 Å². The van der Waals surface area contributed by atoms with Gasteiger partial charge in [0.2, 0.25) is 0 Å². The zero-order valence-electron chi connectivity index (χ0n) is 21.5. The number of aliphatic hydroxyl groups is 2. The fourth-order valence-corrected chi connectivity index (χ4v) is 2.66. The molecule has 0 bridgehead atoms. The van der Waals surface area contributed by atoms with Crippen LogP contribution in [-0.2, 0) is 27.6 Å². The summed E-state index contributed by atoms with van der Waals surface area (Å²) >= 11 is 0. The Bertz CT molecular complexity index is 1180. The van der Waals surface area contributed by atoms with Crippen LogP contribution in [-0.4, -0.2) is 27.6 Å². The zero-order chi connectivity index (χ0) is 27.5. The normalized spacial score (nSPS) is 10.5. The molecule has 0 unspecified atom stereocenters. The molecule has 0 saturated carbocycles. The first-order valence-electron chi connectivity index (χ1n) is 11.7. The van der Waals surface area contributed by atoms with Gasteiger partial charge in [-0.15, -0.1) is 0 Å². The van der Waals surface area contributed by atoms with E-state index in [4.69, 9.17) is 10.2 Å². The standard InChI is InChI=1S/C18H16O2.C11H12O2.C3H6O/c19-14-17-8-6-16(7-9-17)11-13-18(20)12-10-15-4-2-1-3-5-15;1-9(13)2-3-10-4-6-11(8-12)7-5-10;1-3(2)4/h1-13,19H,14H2;2-7,12H,8H2,1H3;1-2H3/b12-10+,13-11+;3-2+;. The van der Waals surface area contributed by atoms with E-state index in [0.717, 1.165) is 27.8 Å². The molecule has 0 aromatic heterocycles. The molecule has 0 fully saturated rings. The van der Waals surface area contributed by atoms with E-state index in [2.05, 4.69) is 0 Å². The number of hydrogen-bond acceptors (Lipinski definition) is 5. The Labute approximate surface area is 219 Å². The molecule has 37 heavy (non-hydrogen) atoms. The van der Waals surface area contributed by atoms with Gasteiger partial charge in [0.1, 0.15) is 5.78 Å². The van der Waals surface area contributed by atoms with Gasteiger partial charge in [0, 0.05) is 0 Å². The highest BCUT2D eigenvalue weighted by Crippen LogP contribution is 2.07. The first-order valence-corrected chi connectivity index (χ1v) is 11.7.